The third-order valence-electron chi connectivity index (χ3n) is 5.20. The monoisotopic (exact) mass is 466 g/mol. The van der Waals surface area contributed by atoms with Crippen molar-refractivity contribution in [3.8, 4) is 0 Å². The van der Waals surface area contributed by atoms with Crippen LogP contribution >= 0.6 is 0 Å². The number of esters is 1. The zero-order valence-electron chi connectivity index (χ0n) is 17.6. The van der Waals surface area contributed by atoms with Crippen LogP contribution in [0.4, 0.5) is 30.4 Å². The predicted octanol–water partition coefficient (Wildman–Crippen LogP) is 3.72. The first-order valence-electron chi connectivity index (χ1n) is 10.0. The molecule has 9 nitrogen and oxygen atoms in total. The highest BCUT2D eigenvalue weighted by molar-refractivity contribution is 5.95. The molecule has 1 N–H and O–H groups in total. The highest BCUT2D eigenvalue weighted by Crippen LogP contribution is 2.30. The van der Waals surface area contributed by atoms with Gasteiger partial charge in [0.05, 0.1) is 16.4 Å². The number of nitrogens with one attached hydrogen (secondary N) is 1. The molecule has 2 heterocycles. The Morgan fingerprint density at radius 1 is 1.24 bits per heavy atom. The number of nitrogens with zero attached hydrogens (tertiary/aromatic N) is 3. The van der Waals surface area contributed by atoms with Crippen molar-refractivity contribution in [1.29, 1.82) is 0 Å². The highest BCUT2D eigenvalue weighted by Gasteiger charge is 2.32. The van der Waals surface area contributed by atoms with Crippen LogP contribution in [0.25, 0.3) is 0 Å². The van der Waals surface area contributed by atoms with Crippen LogP contribution in [0.1, 0.15) is 24.0 Å². The van der Waals surface area contributed by atoms with Gasteiger partial charge < -0.3 is 15.0 Å². The van der Waals surface area contributed by atoms with E-state index in [9.17, 15) is 32.9 Å². The smallest absolute Gasteiger partial charge is 0.417 e. The molecule has 1 aliphatic rings. The lowest BCUT2D eigenvalue weighted by molar-refractivity contribution is -0.384. The van der Waals surface area contributed by atoms with Gasteiger partial charge in [0.2, 0.25) is 0 Å². The maximum absolute atomic E-state index is 12.7. The summed E-state index contributed by atoms with van der Waals surface area (Å²) in [6.07, 6.45) is -2.93. The van der Waals surface area contributed by atoms with Gasteiger partial charge in [0.15, 0.2) is 6.61 Å². The highest BCUT2D eigenvalue weighted by atomic mass is 19.4. The minimum atomic E-state index is -4.46. The second kappa shape index (κ2) is 9.84. The molecule has 0 saturated carbocycles. The average molecular weight is 466 g/mol. The van der Waals surface area contributed by atoms with Gasteiger partial charge in [-0.1, -0.05) is 6.07 Å². The molecule has 1 saturated heterocycles. The number of alkyl halides is 3. The number of amides is 1. The summed E-state index contributed by atoms with van der Waals surface area (Å²) in [5.41, 5.74) is -0.439. The largest absolute Gasteiger partial charge is 0.455 e. The summed E-state index contributed by atoms with van der Waals surface area (Å²) in [6.45, 7) is 1.86. The summed E-state index contributed by atoms with van der Waals surface area (Å²) in [6, 6.07) is 6.57. The molecule has 0 bridgehead atoms. The van der Waals surface area contributed by atoms with Crippen molar-refractivity contribution in [3.05, 3.63) is 57.8 Å². The number of ether oxygens (including phenoxy) is 1. The van der Waals surface area contributed by atoms with Gasteiger partial charge in [-0.3, -0.25) is 19.7 Å². The van der Waals surface area contributed by atoms with Gasteiger partial charge in [0, 0.05) is 25.4 Å². The Morgan fingerprint density at radius 3 is 2.52 bits per heavy atom. The molecular formula is C21H21F3N4O5. The fraction of sp³-hybridized carbons (Fsp3) is 0.381. The van der Waals surface area contributed by atoms with E-state index in [-0.39, 0.29) is 11.4 Å². The Hall–Kier alpha value is -3.70. The third kappa shape index (κ3) is 6.18. The van der Waals surface area contributed by atoms with Crippen LogP contribution in [0.15, 0.2) is 36.5 Å². The van der Waals surface area contributed by atoms with Gasteiger partial charge in [0.25, 0.3) is 11.6 Å². The number of nitro groups is 1. The maximum Gasteiger partial charge on any atom is 0.417 e. The van der Waals surface area contributed by atoms with E-state index in [0.29, 0.717) is 37.3 Å². The van der Waals surface area contributed by atoms with Gasteiger partial charge in [-0.05, 0) is 43.5 Å². The van der Waals surface area contributed by atoms with Crippen molar-refractivity contribution in [3.63, 3.8) is 0 Å². The number of carbonyl (C=O) groups is 2. The van der Waals surface area contributed by atoms with Gasteiger partial charge in [-0.2, -0.15) is 13.2 Å². The Kier molecular flexibility index (Phi) is 7.14. The summed E-state index contributed by atoms with van der Waals surface area (Å²) in [5, 5.41) is 13.5. The van der Waals surface area contributed by atoms with Crippen molar-refractivity contribution >= 4 is 29.1 Å². The van der Waals surface area contributed by atoms with E-state index in [1.165, 1.54) is 18.2 Å². The molecule has 1 aromatic heterocycles. The number of piperidine rings is 1. The van der Waals surface area contributed by atoms with Crippen LogP contribution in [0, 0.1) is 23.0 Å². The quantitative estimate of drug-likeness (QED) is 0.392. The van der Waals surface area contributed by atoms with Gasteiger partial charge in [0.1, 0.15) is 11.5 Å². The van der Waals surface area contributed by atoms with Crippen LogP contribution in [0.2, 0.25) is 0 Å². The number of pyridine rings is 1. The Bertz CT molecular complexity index is 1040. The van der Waals surface area contributed by atoms with E-state index in [0.717, 1.165) is 12.3 Å². The molecule has 0 unspecified atom stereocenters. The first-order chi connectivity index (χ1) is 15.5. The molecular weight excluding hydrogens is 445 g/mol. The molecule has 176 valence electrons. The van der Waals surface area contributed by atoms with Crippen molar-refractivity contribution in [1.82, 2.24) is 4.98 Å². The molecule has 1 aliphatic heterocycles. The summed E-state index contributed by atoms with van der Waals surface area (Å²) < 4.78 is 43.0. The first kappa shape index (κ1) is 24.0. The lowest BCUT2D eigenvalue weighted by Crippen LogP contribution is -2.38. The van der Waals surface area contributed by atoms with Crippen LogP contribution in [0.3, 0.4) is 0 Å². The Balaban J connectivity index is 1.48. The van der Waals surface area contributed by atoms with E-state index < -0.39 is 41.1 Å². The predicted molar refractivity (Wildman–Crippen MR) is 112 cm³/mol. The summed E-state index contributed by atoms with van der Waals surface area (Å²) >= 11 is 0. The lowest BCUT2D eigenvalue weighted by Gasteiger charge is -2.31. The van der Waals surface area contributed by atoms with E-state index in [2.05, 4.69) is 10.3 Å². The maximum atomic E-state index is 12.7. The number of benzene rings is 1. The number of hydrogen-bond acceptors (Lipinski definition) is 7. The van der Waals surface area contributed by atoms with E-state index in [1.54, 1.807) is 17.9 Å². The number of aromatic nitrogens is 1. The fourth-order valence-electron chi connectivity index (χ4n) is 3.42. The molecule has 0 aliphatic carbocycles. The average Bonchev–Trinajstić information content (AvgIpc) is 2.78. The lowest BCUT2D eigenvalue weighted by atomic mass is 9.97. The summed E-state index contributed by atoms with van der Waals surface area (Å²) in [4.78, 5) is 40.5. The van der Waals surface area contributed by atoms with Crippen molar-refractivity contribution in [2.45, 2.75) is 25.9 Å². The van der Waals surface area contributed by atoms with Crippen molar-refractivity contribution < 1.29 is 32.4 Å². The minimum Gasteiger partial charge on any atom is -0.455 e. The zero-order valence-corrected chi connectivity index (χ0v) is 17.6. The van der Waals surface area contributed by atoms with Crippen molar-refractivity contribution in [2.75, 3.05) is 29.9 Å². The Morgan fingerprint density at radius 2 is 1.94 bits per heavy atom. The SMILES string of the molecule is Cc1ccc(NC(=O)COC(=O)C2CCN(c3ccc(C(F)(F)F)cn3)CC2)c([N+](=O)[O-])c1. The molecule has 0 atom stereocenters. The molecule has 33 heavy (non-hydrogen) atoms. The van der Waals surface area contributed by atoms with Crippen molar-refractivity contribution in [2.24, 2.45) is 5.92 Å². The van der Waals surface area contributed by atoms with Crippen LogP contribution < -0.4 is 10.2 Å². The number of anilines is 2. The topological polar surface area (TPSA) is 115 Å². The van der Waals surface area contributed by atoms with Gasteiger partial charge >= 0.3 is 12.1 Å². The number of rotatable bonds is 6. The molecule has 1 fully saturated rings. The molecule has 0 spiro atoms. The minimum absolute atomic E-state index is 0.00370. The number of aryl methyl sites for hydroxylation is 1. The van der Waals surface area contributed by atoms with E-state index in [4.69, 9.17) is 4.74 Å². The molecule has 12 heteroatoms. The number of carbonyl (C=O) groups excluding carboxylic acids is 2. The van der Waals surface area contributed by atoms with Crippen LogP contribution in [-0.2, 0) is 20.5 Å². The standard InChI is InChI=1S/C21H21F3N4O5/c1-13-2-4-16(17(10-13)28(31)32)26-19(29)12-33-20(30)14-6-8-27(9-7-14)18-5-3-15(11-25-18)21(22,23)24/h2-5,10-11,14H,6-9,12H2,1H3,(H,26,29). The van der Waals surface area contributed by atoms with Gasteiger partial charge in [-0.25, -0.2) is 4.98 Å². The molecule has 2 aromatic rings. The molecule has 1 amide bonds. The second-order valence-electron chi connectivity index (χ2n) is 7.60. The summed E-state index contributed by atoms with van der Waals surface area (Å²) in [7, 11) is 0. The fourth-order valence-corrected chi connectivity index (χ4v) is 3.42. The zero-order chi connectivity index (χ0) is 24.2. The number of hydrogen-bond donors (Lipinski definition) is 1. The van der Waals surface area contributed by atoms with Crippen LogP contribution in [-0.4, -0.2) is 41.5 Å². The van der Waals surface area contributed by atoms with E-state index in [1.807, 2.05) is 0 Å². The van der Waals surface area contributed by atoms with E-state index >= 15 is 0 Å². The first-order valence-corrected chi connectivity index (χ1v) is 10.0. The normalized spacial score (nSPS) is 14.6. The number of nitro benzene ring substituents is 1. The number of halogens is 3. The molecule has 3 rings (SSSR count). The van der Waals surface area contributed by atoms with Gasteiger partial charge in [-0.15, -0.1) is 0 Å². The second-order valence-corrected chi connectivity index (χ2v) is 7.60. The Labute approximate surface area is 186 Å². The molecule has 1 aromatic carbocycles. The molecule has 0 radical (unpaired) electrons. The third-order valence-corrected chi connectivity index (χ3v) is 5.20. The summed E-state index contributed by atoms with van der Waals surface area (Å²) in [5.74, 6) is -1.38. The van der Waals surface area contributed by atoms with Crippen LogP contribution in [0.5, 0.6) is 0 Å².